The van der Waals surface area contributed by atoms with E-state index in [0.717, 1.165) is 29.3 Å². The average molecular weight is 368 g/mol. The fourth-order valence-corrected chi connectivity index (χ4v) is 3.45. The number of nitrogens with one attached hydrogen (secondary N) is 1. The van der Waals surface area contributed by atoms with Crippen LogP contribution in [0.1, 0.15) is 34.5 Å². The Balaban J connectivity index is 1.52. The van der Waals surface area contributed by atoms with Gasteiger partial charge in [-0.3, -0.25) is 4.79 Å². The van der Waals surface area contributed by atoms with Crippen molar-refractivity contribution in [2.75, 3.05) is 26.2 Å². The van der Waals surface area contributed by atoms with Crippen LogP contribution in [0.5, 0.6) is 0 Å². The molecule has 0 saturated carbocycles. The molecule has 1 saturated heterocycles. The Morgan fingerprint density at radius 3 is 2.15 bits per heavy atom. The molecule has 1 aliphatic rings. The molecule has 4 nitrogen and oxygen atoms in total. The van der Waals surface area contributed by atoms with Gasteiger partial charge in [0, 0.05) is 31.7 Å². The van der Waals surface area contributed by atoms with Gasteiger partial charge in [-0.2, -0.15) is 0 Å². The standard InChI is InChI=1S/C21H25N3OS/c1-16-8-10-19(11-9-16)20(25)23-12-14-24(15-13-23)21(26)22-17(2)18-6-4-3-5-7-18/h3-11,17H,12-15H2,1-2H3,(H,22,26). The molecule has 0 bridgehead atoms. The summed E-state index contributed by atoms with van der Waals surface area (Å²) in [6, 6.07) is 18.2. The normalized spacial score (nSPS) is 15.5. The van der Waals surface area contributed by atoms with E-state index >= 15 is 0 Å². The summed E-state index contributed by atoms with van der Waals surface area (Å²) in [5, 5.41) is 4.16. The van der Waals surface area contributed by atoms with Crippen LogP contribution in [0.4, 0.5) is 0 Å². The van der Waals surface area contributed by atoms with Crippen LogP contribution in [0, 0.1) is 6.92 Å². The number of piperazine rings is 1. The van der Waals surface area contributed by atoms with Gasteiger partial charge in [0.15, 0.2) is 5.11 Å². The fourth-order valence-electron chi connectivity index (χ4n) is 3.09. The van der Waals surface area contributed by atoms with E-state index in [-0.39, 0.29) is 11.9 Å². The zero-order valence-corrected chi connectivity index (χ0v) is 16.1. The van der Waals surface area contributed by atoms with Gasteiger partial charge in [0.2, 0.25) is 0 Å². The van der Waals surface area contributed by atoms with E-state index < -0.39 is 0 Å². The number of hydrogen-bond donors (Lipinski definition) is 1. The molecular weight excluding hydrogens is 342 g/mol. The molecule has 5 heteroatoms. The van der Waals surface area contributed by atoms with Crippen molar-refractivity contribution in [2.24, 2.45) is 0 Å². The van der Waals surface area contributed by atoms with E-state index in [1.165, 1.54) is 5.56 Å². The summed E-state index contributed by atoms with van der Waals surface area (Å²) >= 11 is 5.57. The molecular formula is C21H25N3OS. The molecule has 136 valence electrons. The third kappa shape index (κ3) is 4.41. The molecule has 2 aromatic rings. The lowest BCUT2D eigenvalue weighted by Gasteiger charge is -2.37. The van der Waals surface area contributed by atoms with Gasteiger partial charge < -0.3 is 15.1 Å². The van der Waals surface area contributed by atoms with Gasteiger partial charge in [-0.15, -0.1) is 0 Å². The van der Waals surface area contributed by atoms with Crippen molar-refractivity contribution in [3.05, 3.63) is 71.3 Å². The third-order valence-electron chi connectivity index (χ3n) is 4.79. The van der Waals surface area contributed by atoms with E-state index in [0.29, 0.717) is 13.1 Å². The third-order valence-corrected chi connectivity index (χ3v) is 5.17. The van der Waals surface area contributed by atoms with Gasteiger partial charge >= 0.3 is 0 Å². The Labute approximate surface area is 160 Å². The molecule has 1 amide bonds. The van der Waals surface area contributed by atoms with Crippen molar-refractivity contribution in [2.45, 2.75) is 19.9 Å². The Morgan fingerprint density at radius 2 is 1.54 bits per heavy atom. The number of nitrogens with zero attached hydrogens (tertiary/aromatic N) is 2. The van der Waals surface area contributed by atoms with Gasteiger partial charge in [0.25, 0.3) is 5.91 Å². The van der Waals surface area contributed by atoms with Crippen LogP contribution in [-0.4, -0.2) is 47.0 Å². The first-order chi connectivity index (χ1) is 12.5. The van der Waals surface area contributed by atoms with Crippen LogP contribution in [0.15, 0.2) is 54.6 Å². The molecule has 1 atom stereocenters. The van der Waals surface area contributed by atoms with E-state index in [2.05, 4.69) is 29.3 Å². The summed E-state index contributed by atoms with van der Waals surface area (Å²) in [5.74, 6) is 0.0983. The summed E-state index contributed by atoms with van der Waals surface area (Å²) in [6.07, 6.45) is 0. The summed E-state index contributed by atoms with van der Waals surface area (Å²) in [7, 11) is 0. The minimum Gasteiger partial charge on any atom is -0.356 e. The van der Waals surface area contributed by atoms with Crippen molar-refractivity contribution >= 4 is 23.2 Å². The number of carbonyl (C=O) groups is 1. The highest BCUT2D eigenvalue weighted by Crippen LogP contribution is 2.14. The maximum Gasteiger partial charge on any atom is 0.253 e. The lowest BCUT2D eigenvalue weighted by Crippen LogP contribution is -2.53. The number of hydrogen-bond acceptors (Lipinski definition) is 2. The van der Waals surface area contributed by atoms with Gasteiger partial charge in [-0.25, -0.2) is 0 Å². The summed E-state index contributed by atoms with van der Waals surface area (Å²) in [4.78, 5) is 16.7. The topological polar surface area (TPSA) is 35.6 Å². The highest BCUT2D eigenvalue weighted by molar-refractivity contribution is 7.80. The van der Waals surface area contributed by atoms with Crippen molar-refractivity contribution in [1.29, 1.82) is 0 Å². The second kappa shape index (κ2) is 8.32. The first-order valence-electron chi connectivity index (χ1n) is 9.01. The quantitative estimate of drug-likeness (QED) is 0.844. The van der Waals surface area contributed by atoms with Gasteiger partial charge in [0.1, 0.15) is 0 Å². The Bertz CT molecular complexity index is 753. The maximum atomic E-state index is 12.6. The summed E-state index contributed by atoms with van der Waals surface area (Å²) in [6.45, 7) is 7.02. The Morgan fingerprint density at radius 1 is 0.962 bits per heavy atom. The van der Waals surface area contributed by atoms with E-state index in [1.54, 1.807) is 0 Å². The second-order valence-electron chi connectivity index (χ2n) is 6.73. The van der Waals surface area contributed by atoms with Crippen molar-refractivity contribution in [1.82, 2.24) is 15.1 Å². The molecule has 0 radical (unpaired) electrons. The summed E-state index contributed by atoms with van der Waals surface area (Å²) < 4.78 is 0. The monoisotopic (exact) mass is 367 g/mol. The molecule has 1 fully saturated rings. The lowest BCUT2D eigenvalue weighted by atomic mass is 10.1. The molecule has 1 unspecified atom stereocenters. The number of rotatable bonds is 3. The maximum absolute atomic E-state index is 12.6. The smallest absolute Gasteiger partial charge is 0.253 e. The minimum atomic E-state index is 0.0983. The molecule has 0 aromatic heterocycles. The van der Waals surface area contributed by atoms with Gasteiger partial charge in [0.05, 0.1) is 6.04 Å². The molecule has 3 rings (SSSR count). The van der Waals surface area contributed by atoms with Gasteiger partial charge in [-0.05, 0) is 43.8 Å². The number of thiocarbonyl (C=S) groups is 1. The molecule has 2 aromatic carbocycles. The van der Waals surface area contributed by atoms with E-state index in [4.69, 9.17) is 12.2 Å². The number of aryl methyl sites for hydroxylation is 1. The van der Waals surface area contributed by atoms with Crippen molar-refractivity contribution in [3.63, 3.8) is 0 Å². The predicted molar refractivity (Wildman–Crippen MR) is 109 cm³/mol. The largest absolute Gasteiger partial charge is 0.356 e. The predicted octanol–water partition coefficient (Wildman–Crippen LogP) is 3.39. The SMILES string of the molecule is Cc1ccc(C(=O)N2CCN(C(=S)NC(C)c3ccccc3)CC2)cc1. The minimum absolute atomic E-state index is 0.0983. The van der Waals surface area contributed by atoms with Crippen LogP contribution in [0.2, 0.25) is 0 Å². The molecule has 1 N–H and O–H groups in total. The molecule has 26 heavy (non-hydrogen) atoms. The highest BCUT2D eigenvalue weighted by Gasteiger charge is 2.24. The zero-order valence-electron chi connectivity index (χ0n) is 15.3. The molecule has 0 spiro atoms. The van der Waals surface area contributed by atoms with Crippen molar-refractivity contribution in [3.8, 4) is 0 Å². The van der Waals surface area contributed by atoms with Crippen molar-refractivity contribution < 1.29 is 4.79 Å². The van der Waals surface area contributed by atoms with Crippen LogP contribution < -0.4 is 5.32 Å². The molecule has 1 heterocycles. The first-order valence-corrected chi connectivity index (χ1v) is 9.42. The molecule has 0 aliphatic carbocycles. The summed E-state index contributed by atoms with van der Waals surface area (Å²) in [5.41, 5.74) is 3.13. The second-order valence-corrected chi connectivity index (χ2v) is 7.11. The Hall–Kier alpha value is -2.40. The van der Waals surface area contributed by atoms with Crippen LogP contribution >= 0.6 is 12.2 Å². The number of carbonyl (C=O) groups excluding carboxylic acids is 1. The van der Waals surface area contributed by atoms with Crippen LogP contribution in [-0.2, 0) is 0 Å². The van der Waals surface area contributed by atoms with E-state index in [9.17, 15) is 4.79 Å². The highest BCUT2D eigenvalue weighted by atomic mass is 32.1. The number of benzene rings is 2. The number of amides is 1. The fraction of sp³-hybridized carbons (Fsp3) is 0.333. The van der Waals surface area contributed by atoms with E-state index in [1.807, 2.05) is 54.3 Å². The average Bonchev–Trinajstić information content (AvgIpc) is 2.69. The van der Waals surface area contributed by atoms with Crippen LogP contribution in [0.25, 0.3) is 0 Å². The van der Waals surface area contributed by atoms with Crippen LogP contribution in [0.3, 0.4) is 0 Å². The zero-order chi connectivity index (χ0) is 18.5. The first kappa shape index (κ1) is 18.4. The molecule has 1 aliphatic heterocycles. The van der Waals surface area contributed by atoms with Gasteiger partial charge in [-0.1, -0.05) is 48.0 Å². The Kier molecular flexibility index (Phi) is 5.89. The lowest BCUT2D eigenvalue weighted by molar-refractivity contribution is 0.0691.